The van der Waals surface area contributed by atoms with Crippen molar-refractivity contribution in [3.05, 3.63) is 204 Å². The van der Waals surface area contributed by atoms with E-state index in [2.05, 4.69) is 192 Å². The highest BCUT2D eigenvalue weighted by molar-refractivity contribution is 7.25. The molecule has 0 radical (unpaired) electrons. The summed E-state index contributed by atoms with van der Waals surface area (Å²) < 4.78 is 11.3. The minimum atomic E-state index is -0.339. The van der Waals surface area contributed by atoms with Crippen LogP contribution in [0.2, 0.25) is 0 Å². The SMILES string of the molecule is C1=CC2Oc3ccc(C4=NC(c5ccc6sc7ccccc7c6c5)NC(c5ccc(-n6c7ccc8ccccc8c7c7c8ccccc8ccc76)cc5)=N4)cc3C2C=C1. The number of rotatable bonds is 4. The fourth-order valence-corrected chi connectivity index (χ4v) is 10.7. The summed E-state index contributed by atoms with van der Waals surface area (Å²) in [7, 11) is 0. The van der Waals surface area contributed by atoms with Crippen LogP contribution < -0.4 is 10.1 Å². The van der Waals surface area contributed by atoms with E-state index in [-0.39, 0.29) is 18.2 Å². The van der Waals surface area contributed by atoms with Gasteiger partial charge in [0.25, 0.3) is 0 Å². The zero-order chi connectivity index (χ0) is 38.6. The number of hydrogen-bond donors (Lipinski definition) is 1. The molecule has 0 bridgehead atoms. The third-order valence-electron chi connectivity index (χ3n) is 12.4. The Labute approximate surface area is 343 Å². The van der Waals surface area contributed by atoms with Crippen molar-refractivity contribution in [1.82, 2.24) is 9.88 Å². The molecule has 1 N–H and O–H groups in total. The molecule has 0 fully saturated rings. The first-order chi connectivity index (χ1) is 29.2. The standard InChI is InChI=1S/C53H34N4OS/c1-3-11-37-31(9-1)19-25-43-49(37)50-38-12-4-2-10-32(38)20-26-44(50)57(43)36-23-17-33(18-24-36)51-54-52(34-21-27-46-41(29-34)39-13-5-7-15-45(39)58-46)56-53(55-51)35-22-28-48-42(30-35)40-14-6-8-16-47(40)59-48/h1-30,39,45,53H,(H,54,55,56). The lowest BCUT2D eigenvalue weighted by Gasteiger charge is -2.24. The number of nitrogens with one attached hydrogen (secondary N) is 1. The average Bonchev–Trinajstić information content (AvgIpc) is 3.98. The molecule has 59 heavy (non-hydrogen) atoms. The molecule has 5 nitrogen and oxygen atoms in total. The smallest absolute Gasteiger partial charge is 0.159 e. The average molecular weight is 775 g/mol. The second-order valence-corrected chi connectivity index (χ2v) is 16.8. The van der Waals surface area contributed by atoms with Crippen LogP contribution in [0.1, 0.15) is 34.3 Å². The fourth-order valence-electron chi connectivity index (χ4n) is 9.59. The molecule has 0 amide bonds. The number of allylic oxidation sites excluding steroid dienone is 2. The summed E-state index contributed by atoms with van der Waals surface area (Å²) in [6.07, 6.45) is 8.22. The normalized spacial score (nSPS) is 18.3. The summed E-state index contributed by atoms with van der Waals surface area (Å²) in [5, 5.41) is 13.8. The highest BCUT2D eigenvalue weighted by Gasteiger charge is 2.33. The van der Waals surface area contributed by atoms with Crippen LogP contribution in [0.3, 0.4) is 0 Å². The van der Waals surface area contributed by atoms with Gasteiger partial charge < -0.3 is 14.6 Å². The van der Waals surface area contributed by atoms with Crippen LogP contribution in [-0.4, -0.2) is 22.3 Å². The molecule has 0 saturated heterocycles. The highest BCUT2D eigenvalue weighted by Crippen LogP contribution is 2.43. The number of aliphatic imine (C=N–C) groups is 2. The van der Waals surface area contributed by atoms with Gasteiger partial charge in [-0.3, -0.25) is 0 Å². The molecule has 2 aliphatic heterocycles. The third-order valence-corrected chi connectivity index (χ3v) is 13.5. The van der Waals surface area contributed by atoms with E-state index in [1.54, 1.807) is 0 Å². The first kappa shape index (κ1) is 32.8. The van der Waals surface area contributed by atoms with Gasteiger partial charge in [0.05, 0.1) is 11.0 Å². The van der Waals surface area contributed by atoms with E-state index >= 15 is 0 Å². The largest absolute Gasteiger partial charge is 0.485 e. The topological polar surface area (TPSA) is 50.9 Å². The van der Waals surface area contributed by atoms with E-state index in [1.165, 1.54) is 69.1 Å². The van der Waals surface area contributed by atoms with Crippen molar-refractivity contribution in [2.24, 2.45) is 9.98 Å². The Balaban J connectivity index is 0.947. The Morgan fingerprint density at radius 1 is 0.576 bits per heavy atom. The Kier molecular flexibility index (Phi) is 7.00. The lowest BCUT2D eigenvalue weighted by atomic mass is 9.91. The zero-order valence-electron chi connectivity index (χ0n) is 31.7. The number of amidine groups is 2. The minimum absolute atomic E-state index is 0.0182. The maximum Gasteiger partial charge on any atom is 0.159 e. The van der Waals surface area contributed by atoms with Gasteiger partial charge in [0.15, 0.2) is 5.84 Å². The first-order valence-corrected chi connectivity index (χ1v) is 21.0. The van der Waals surface area contributed by atoms with Crippen molar-refractivity contribution >= 4 is 86.5 Å². The zero-order valence-corrected chi connectivity index (χ0v) is 32.5. The number of hydrogen-bond acceptors (Lipinski definition) is 5. The van der Waals surface area contributed by atoms with Gasteiger partial charge in [0.1, 0.15) is 23.9 Å². The molecular formula is C53H34N4OS. The van der Waals surface area contributed by atoms with Gasteiger partial charge >= 0.3 is 0 Å². The predicted molar refractivity (Wildman–Crippen MR) is 246 cm³/mol. The van der Waals surface area contributed by atoms with Crippen LogP contribution in [0, 0.1) is 0 Å². The van der Waals surface area contributed by atoms with Gasteiger partial charge in [-0.05, 0) is 106 Å². The molecule has 2 aromatic heterocycles. The fraction of sp³-hybridized carbons (Fsp3) is 0.0566. The van der Waals surface area contributed by atoms with Gasteiger partial charge in [-0.15, -0.1) is 11.3 Å². The number of ether oxygens (including phenoxy) is 1. The second-order valence-electron chi connectivity index (χ2n) is 15.7. The minimum Gasteiger partial charge on any atom is -0.485 e. The molecule has 0 spiro atoms. The van der Waals surface area contributed by atoms with Gasteiger partial charge in [0.2, 0.25) is 0 Å². The van der Waals surface area contributed by atoms with E-state index in [9.17, 15) is 0 Å². The van der Waals surface area contributed by atoms with Crippen molar-refractivity contribution in [2.45, 2.75) is 18.2 Å². The summed E-state index contributed by atoms with van der Waals surface area (Å²) in [5.74, 6) is 2.59. The molecule has 4 heterocycles. The van der Waals surface area contributed by atoms with E-state index in [0.717, 1.165) is 34.0 Å². The summed E-state index contributed by atoms with van der Waals surface area (Å²) in [5.41, 5.74) is 7.71. The number of fused-ring (bicyclic) bond motifs is 13. The molecule has 1 aliphatic carbocycles. The Bertz CT molecular complexity index is 3440. The molecule has 3 atom stereocenters. The Hall–Kier alpha value is -7.28. The third kappa shape index (κ3) is 5.03. The summed E-state index contributed by atoms with van der Waals surface area (Å²) in [6, 6.07) is 57.1. The molecule has 13 rings (SSSR count). The molecule has 3 unspecified atom stereocenters. The van der Waals surface area contributed by atoms with Crippen molar-refractivity contribution in [1.29, 1.82) is 0 Å². The summed E-state index contributed by atoms with van der Waals surface area (Å²) >= 11 is 1.83. The van der Waals surface area contributed by atoms with Crippen LogP contribution in [0.25, 0.3) is 69.2 Å². The predicted octanol–water partition coefficient (Wildman–Crippen LogP) is 12.9. The molecule has 0 saturated carbocycles. The van der Waals surface area contributed by atoms with Crippen LogP contribution in [0.4, 0.5) is 0 Å². The second kappa shape index (κ2) is 12.6. The molecule has 8 aromatic carbocycles. The van der Waals surface area contributed by atoms with Crippen molar-refractivity contribution in [3.8, 4) is 11.4 Å². The van der Waals surface area contributed by atoms with E-state index in [0.29, 0.717) is 5.84 Å². The molecular weight excluding hydrogens is 741 g/mol. The Morgan fingerprint density at radius 3 is 2.03 bits per heavy atom. The van der Waals surface area contributed by atoms with Crippen LogP contribution in [0.5, 0.6) is 5.75 Å². The van der Waals surface area contributed by atoms with E-state index < -0.39 is 0 Å². The molecule has 10 aromatic rings. The Morgan fingerprint density at radius 2 is 1.25 bits per heavy atom. The van der Waals surface area contributed by atoms with Crippen molar-refractivity contribution in [2.75, 3.05) is 0 Å². The van der Waals surface area contributed by atoms with E-state index in [1.807, 2.05) is 11.3 Å². The lowest BCUT2D eigenvalue weighted by molar-refractivity contribution is 0.269. The summed E-state index contributed by atoms with van der Waals surface area (Å²) in [4.78, 5) is 10.6. The van der Waals surface area contributed by atoms with Crippen molar-refractivity contribution < 1.29 is 4.74 Å². The number of aromatic nitrogens is 1. The maximum atomic E-state index is 6.31. The van der Waals surface area contributed by atoms with Crippen LogP contribution >= 0.6 is 11.3 Å². The monoisotopic (exact) mass is 774 g/mol. The van der Waals surface area contributed by atoms with Gasteiger partial charge in [-0.25, -0.2) is 9.98 Å². The highest BCUT2D eigenvalue weighted by atomic mass is 32.1. The van der Waals surface area contributed by atoms with Crippen molar-refractivity contribution in [3.63, 3.8) is 0 Å². The van der Waals surface area contributed by atoms with Crippen LogP contribution in [0.15, 0.2) is 192 Å². The van der Waals surface area contributed by atoms with Crippen LogP contribution in [-0.2, 0) is 0 Å². The summed E-state index contributed by atoms with van der Waals surface area (Å²) in [6.45, 7) is 0. The lowest BCUT2D eigenvalue weighted by Crippen LogP contribution is -2.33. The molecule has 3 aliphatic rings. The molecule has 6 heteroatoms. The van der Waals surface area contributed by atoms with Gasteiger partial charge in [-0.2, -0.15) is 0 Å². The van der Waals surface area contributed by atoms with Gasteiger partial charge in [-0.1, -0.05) is 103 Å². The molecule has 278 valence electrons. The number of benzene rings is 8. The number of thiophene rings is 1. The van der Waals surface area contributed by atoms with E-state index in [4.69, 9.17) is 14.7 Å². The maximum absolute atomic E-state index is 6.31. The quantitative estimate of drug-likeness (QED) is 0.194. The first-order valence-electron chi connectivity index (χ1n) is 20.2. The number of nitrogens with zero attached hydrogens (tertiary/aromatic N) is 3. The van der Waals surface area contributed by atoms with Gasteiger partial charge in [0, 0.05) is 59.2 Å².